The molecule has 224 valence electrons. The van der Waals surface area contributed by atoms with Crippen molar-refractivity contribution in [2.24, 2.45) is 5.73 Å². The van der Waals surface area contributed by atoms with Crippen LogP contribution in [0.3, 0.4) is 0 Å². The van der Waals surface area contributed by atoms with Crippen molar-refractivity contribution >= 4 is 29.8 Å². The van der Waals surface area contributed by atoms with E-state index < -0.39 is 47.5 Å². The summed E-state index contributed by atoms with van der Waals surface area (Å²) in [7, 11) is 1.21. The highest BCUT2D eigenvalue weighted by Gasteiger charge is 2.36. The van der Waals surface area contributed by atoms with E-state index in [-0.39, 0.29) is 25.9 Å². The molecule has 0 heterocycles. The fourth-order valence-corrected chi connectivity index (χ4v) is 4.09. The number of rotatable bonds is 16. The van der Waals surface area contributed by atoms with Crippen LogP contribution in [0.15, 0.2) is 24.3 Å². The highest BCUT2D eigenvalue weighted by atomic mass is 16.6. The van der Waals surface area contributed by atoms with Gasteiger partial charge in [0.15, 0.2) is 0 Å². The van der Waals surface area contributed by atoms with E-state index in [1.54, 1.807) is 39.0 Å². The molecule has 11 heteroatoms. The zero-order valence-electron chi connectivity index (χ0n) is 24.7. The lowest BCUT2D eigenvalue weighted by Gasteiger charge is -2.34. The number of aryl methyl sites for hydroxylation is 1. The highest BCUT2D eigenvalue weighted by Crippen LogP contribution is 2.25. The van der Waals surface area contributed by atoms with E-state index in [1.807, 2.05) is 13.0 Å². The van der Waals surface area contributed by atoms with Crippen LogP contribution in [0.5, 0.6) is 0 Å². The number of alkyl carbamates (subject to hydrolysis) is 1. The van der Waals surface area contributed by atoms with E-state index in [4.69, 9.17) is 10.5 Å². The topological polar surface area (TPSA) is 157 Å². The van der Waals surface area contributed by atoms with Gasteiger partial charge in [0.1, 0.15) is 24.2 Å². The quantitative estimate of drug-likeness (QED) is 0.206. The molecule has 11 nitrogen and oxygen atoms in total. The second-order valence-corrected chi connectivity index (χ2v) is 10.8. The summed E-state index contributed by atoms with van der Waals surface area (Å²) in [6.45, 7) is 8.86. The van der Waals surface area contributed by atoms with Crippen LogP contribution in [0.25, 0.3) is 0 Å². The fourth-order valence-electron chi connectivity index (χ4n) is 4.09. The van der Waals surface area contributed by atoms with Gasteiger partial charge in [0.2, 0.25) is 17.7 Å². The third-order valence-electron chi connectivity index (χ3n) is 6.01. The van der Waals surface area contributed by atoms with Crippen molar-refractivity contribution in [1.82, 2.24) is 15.5 Å². The fraction of sp³-hybridized carbons (Fsp3) is 0.621. The highest BCUT2D eigenvalue weighted by molar-refractivity contribution is 5.93. The molecule has 2 unspecified atom stereocenters. The molecule has 0 aliphatic carbocycles. The van der Waals surface area contributed by atoms with Crippen LogP contribution in [0, 0.1) is 6.92 Å². The molecule has 0 saturated carbocycles. The van der Waals surface area contributed by atoms with E-state index in [2.05, 4.69) is 22.3 Å². The molecule has 1 aromatic carbocycles. The molecule has 0 aliphatic heterocycles. The van der Waals surface area contributed by atoms with Crippen molar-refractivity contribution in [2.45, 2.75) is 97.2 Å². The van der Waals surface area contributed by atoms with Gasteiger partial charge in [-0.25, -0.2) is 4.79 Å². The molecule has 40 heavy (non-hydrogen) atoms. The van der Waals surface area contributed by atoms with Crippen molar-refractivity contribution in [3.8, 4) is 0 Å². The zero-order valence-corrected chi connectivity index (χ0v) is 24.7. The molecule has 0 bridgehead atoms. The molecule has 1 aromatic rings. The van der Waals surface area contributed by atoms with Crippen molar-refractivity contribution < 1.29 is 33.4 Å². The normalized spacial score (nSPS) is 12.6. The smallest absolute Gasteiger partial charge is 0.408 e. The number of nitrogens with zero attached hydrogens (tertiary/aromatic N) is 1. The van der Waals surface area contributed by atoms with Crippen LogP contribution in [-0.4, -0.2) is 66.5 Å². The lowest BCUT2D eigenvalue weighted by atomic mass is 9.99. The Morgan fingerprint density at radius 2 is 1.73 bits per heavy atom. The predicted molar refractivity (Wildman–Crippen MR) is 151 cm³/mol. The first-order valence-corrected chi connectivity index (χ1v) is 13.8. The number of benzene rings is 1. The molecule has 4 amide bonds. The molecule has 0 saturated heterocycles. The van der Waals surface area contributed by atoms with Crippen LogP contribution in [-0.2, 0) is 28.7 Å². The standard InChI is InChI=1S/C29H46N4O7/c1-7-8-9-10-11-17-33(27(37)22(15-16-23(30)34)32-28(38)40-29(3,4)5)25(21-14-12-13-20(2)18-21)26(36)31-19-24(35)39-6/h12-14,18,22,25H,7-11,15-17,19H2,1-6H3,(H2,30,34)(H,31,36)(H,32,38). The second kappa shape index (κ2) is 17.1. The van der Waals surface area contributed by atoms with E-state index in [1.165, 1.54) is 12.0 Å². The zero-order chi connectivity index (χ0) is 30.3. The molecule has 0 aliphatic rings. The van der Waals surface area contributed by atoms with Crippen molar-refractivity contribution in [1.29, 1.82) is 0 Å². The molecule has 0 spiro atoms. The van der Waals surface area contributed by atoms with Crippen LogP contribution >= 0.6 is 0 Å². The molecule has 0 fully saturated rings. The minimum absolute atomic E-state index is 0.0793. The number of hydrogen-bond acceptors (Lipinski definition) is 7. The van der Waals surface area contributed by atoms with E-state index >= 15 is 0 Å². The first-order valence-electron chi connectivity index (χ1n) is 13.8. The number of esters is 1. The van der Waals surface area contributed by atoms with Crippen molar-refractivity contribution in [2.75, 3.05) is 20.2 Å². The number of hydrogen-bond donors (Lipinski definition) is 3. The van der Waals surface area contributed by atoms with Gasteiger partial charge >= 0.3 is 12.1 Å². The molecule has 4 N–H and O–H groups in total. The number of nitrogens with one attached hydrogen (secondary N) is 2. The van der Waals surface area contributed by atoms with Gasteiger partial charge in [-0.2, -0.15) is 0 Å². The summed E-state index contributed by atoms with van der Waals surface area (Å²) < 4.78 is 10.0. The summed E-state index contributed by atoms with van der Waals surface area (Å²) in [5.74, 6) is -2.42. The molecular weight excluding hydrogens is 516 g/mol. The number of ether oxygens (including phenoxy) is 2. The summed E-state index contributed by atoms with van der Waals surface area (Å²) in [4.78, 5) is 65.1. The third kappa shape index (κ3) is 12.9. The lowest BCUT2D eigenvalue weighted by Crippen LogP contribution is -2.53. The van der Waals surface area contributed by atoms with Gasteiger partial charge in [0.25, 0.3) is 0 Å². The van der Waals surface area contributed by atoms with Gasteiger partial charge in [0.05, 0.1) is 7.11 Å². The predicted octanol–water partition coefficient (Wildman–Crippen LogP) is 3.28. The van der Waals surface area contributed by atoms with Crippen molar-refractivity contribution in [3.05, 3.63) is 35.4 Å². The molecule has 0 radical (unpaired) electrons. The Morgan fingerprint density at radius 3 is 2.30 bits per heavy atom. The summed E-state index contributed by atoms with van der Waals surface area (Å²) in [6, 6.07) is 4.87. The summed E-state index contributed by atoms with van der Waals surface area (Å²) in [5.41, 5.74) is 5.94. The van der Waals surface area contributed by atoms with Gasteiger partial charge in [-0.15, -0.1) is 0 Å². The molecular formula is C29H46N4O7. The van der Waals surface area contributed by atoms with Crippen LogP contribution in [0.1, 0.15) is 89.8 Å². The Labute approximate surface area is 237 Å². The average molecular weight is 563 g/mol. The minimum Gasteiger partial charge on any atom is -0.468 e. The average Bonchev–Trinajstić information content (AvgIpc) is 2.87. The molecule has 2 atom stereocenters. The van der Waals surface area contributed by atoms with Gasteiger partial charge in [-0.05, 0) is 46.1 Å². The monoisotopic (exact) mass is 562 g/mol. The van der Waals surface area contributed by atoms with Crippen LogP contribution in [0.2, 0.25) is 0 Å². The molecule has 0 aromatic heterocycles. The minimum atomic E-state index is -1.18. The van der Waals surface area contributed by atoms with Gasteiger partial charge in [-0.3, -0.25) is 19.2 Å². The maximum atomic E-state index is 14.1. The van der Waals surface area contributed by atoms with E-state index in [9.17, 15) is 24.0 Å². The Balaban J connectivity index is 3.49. The summed E-state index contributed by atoms with van der Waals surface area (Å²) >= 11 is 0. The number of amides is 4. The Hall–Kier alpha value is -3.63. The lowest BCUT2D eigenvalue weighted by molar-refractivity contribution is -0.145. The number of methoxy groups -OCH3 is 1. The number of carbonyl (C=O) groups excluding carboxylic acids is 5. The van der Waals surface area contributed by atoms with Crippen LogP contribution < -0.4 is 16.4 Å². The Kier molecular flexibility index (Phi) is 14.7. The summed E-state index contributed by atoms with van der Waals surface area (Å²) in [5, 5.41) is 5.13. The third-order valence-corrected chi connectivity index (χ3v) is 6.01. The Morgan fingerprint density at radius 1 is 1.05 bits per heavy atom. The van der Waals surface area contributed by atoms with E-state index in [0.717, 1.165) is 31.2 Å². The first-order chi connectivity index (χ1) is 18.8. The summed E-state index contributed by atoms with van der Waals surface area (Å²) in [6.07, 6.45) is 3.39. The number of carbonyl (C=O) groups is 5. The van der Waals surface area contributed by atoms with Crippen LogP contribution in [0.4, 0.5) is 4.79 Å². The number of primary amides is 1. The van der Waals surface area contributed by atoms with Gasteiger partial charge in [-0.1, -0.05) is 62.4 Å². The first kappa shape index (κ1) is 34.4. The Bertz CT molecular complexity index is 1010. The van der Waals surface area contributed by atoms with E-state index in [0.29, 0.717) is 12.0 Å². The molecule has 1 rings (SSSR count). The maximum absolute atomic E-state index is 14.1. The van der Waals surface area contributed by atoms with Crippen molar-refractivity contribution in [3.63, 3.8) is 0 Å². The number of nitrogens with two attached hydrogens (primary N) is 1. The maximum Gasteiger partial charge on any atom is 0.408 e. The SMILES string of the molecule is CCCCCCCN(C(=O)C(CCC(N)=O)NC(=O)OC(C)(C)C)C(C(=O)NCC(=O)OC)c1cccc(C)c1. The number of unbranched alkanes of at least 4 members (excludes halogenated alkanes) is 4. The second-order valence-electron chi connectivity index (χ2n) is 10.8. The largest absolute Gasteiger partial charge is 0.468 e. The van der Waals surface area contributed by atoms with Gasteiger partial charge < -0.3 is 30.7 Å². The van der Waals surface area contributed by atoms with Gasteiger partial charge in [0, 0.05) is 13.0 Å².